The number of carbonyl (C=O) groups is 1. The van der Waals surface area contributed by atoms with Gasteiger partial charge in [0.1, 0.15) is 0 Å². The second-order valence-electron chi connectivity index (χ2n) is 3.67. The van der Waals surface area contributed by atoms with Crippen LogP contribution >= 0.6 is 0 Å². The molecule has 0 heterocycles. The number of benzene rings is 1. The van der Waals surface area contributed by atoms with Gasteiger partial charge < -0.3 is 20.5 Å². The lowest BCUT2D eigenvalue weighted by atomic mass is 10.1. The molecule has 0 aliphatic rings. The molecule has 0 amide bonds. The lowest BCUT2D eigenvalue weighted by Gasteiger charge is -2.12. The topological polar surface area (TPSA) is 73.6 Å². The molecule has 0 atom stereocenters. The Balaban J connectivity index is 0.00000154. The van der Waals surface area contributed by atoms with Crippen LogP contribution in [0.3, 0.4) is 0 Å². The second kappa shape index (κ2) is 9.22. The van der Waals surface area contributed by atoms with Gasteiger partial charge in [-0.15, -0.1) is 0 Å². The number of nitrogen functional groups attached to an aromatic ring is 1. The number of anilines is 2. The molecule has 0 radical (unpaired) electrons. The SMILES string of the molecule is CC.COCCNc1cc(C(=O)OC)cc(C)c1N. The zero-order chi connectivity index (χ0) is 14.8. The second-order valence-corrected chi connectivity index (χ2v) is 3.67. The summed E-state index contributed by atoms with van der Waals surface area (Å²) in [5.41, 5.74) is 8.60. The van der Waals surface area contributed by atoms with Crippen LogP contribution in [0.4, 0.5) is 11.4 Å². The van der Waals surface area contributed by atoms with Gasteiger partial charge in [-0.2, -0.15) is 0 Å². The van der Waals surface area contributed by atoms with Crippen molar-refractivity contribution in [2.75, 3.05) is 38.4 Å². The van der Waals surface area contributed by atoms with Gasteiger partial charge in [0.15, 0.2) is 0 Å². The van der Waals surface area contributed by atoms with Gasteiger partial charge in [-0.25, -0.2) is 4.79 Å². The highest BCUT2D eigenvalue weighted by Gasteiger charge is 2.10. The average molecular weight is 268 g/mol. The van der Waals surface area contributed by atoms with Gasteiger partial charge in [-0.3, -0.25) is 0 Å². The first kappa shape index (κ1) is 17.2. The maximum Gasteiger partial charge on any atom is 0.337 e. The van der Waals surface area contributed by atoms with E-state index in [1.807, 2.05) is 20.8 Å². The maximum atomic E-state index is 11.4. The summed E-state index contributed by atoms with van der Waals surface area (Å²) < 4.78 is 9.62. The third-order valence-electron chi connectivity index (χ3n) is 2.43. The highest BCUT2D eigenvalue weighted by Crippen LogP contribution is 2.24. The number of nitrogens with two attached hydrogens (primary N) is 1. The van der Waals surface area contributed by atoms with Crippen molar-refractivity contribution in [2.45, 2.75) is 20.8 Å². The summed E-state index contributed by atoms with van der Waals surface area (Å²) in [5, 5.41) is 3.12. The summed E-state index contributed by atoms with van der Waals surface area (Å²) >= 11 is 0. The standard InChI is InChI=1S/C12H18N2O3.C2H6/c1-8-6-9(12(15)17-3)7-10(11(8)13)14-4-5-16-2;1-2/h6-7,14H,4-5,13H2,1-3H3;1-2H3. The van der Waals surface area contributed by atoms with E-state index < -0.39 is 0 Å². The van der Waals surface area contributed by atoms with E-state index in [2.05, 4.69) is 10.1 Å². The van der Waals surface area contributed by atoms with Crippen LogP contribution < -0.4 is 11.1 Å². The van der Waals surface area contributed by atoms with E-state index in [0.29, 0.717) is 24.4 Å². The van der Waals surface area contributed by atoms with Crippen molar-refractivity contribution in [3.63, 3.8) is 0 Å². The predicted molar refractivity (Wildman–Crippen MR) is 78.6 cm³/mol. The molecular weight excluding hydrogens is 244 g/mol. The number of hydrogen-bond acceptors (Lipinski definition) is 5. The Morgan fingerprint density at radius 3 is 2.47 bits per heavy atom. The first-order valence-corrected chi connectivity index (χ1v) is 6.31. The van der Waals surface area contributed by atoms with Gasteiger partial charge in [0.2, 0.25) is 0 Å². The number of ether oxygens (including phenoxy) is 2. The van der Waals surface area contributed by atoms with Crippen LogP contribution in [0, 0.1) is 6.92 Å². The van der Waals surface area contributed by atoms with Gasteiger partial charge >= 0.3 is 5.97 Å². The maximum absolute atomic E-state index is 11.4. The molecule has 0 fully saturated rings. The van der Waals surface area contributed by atoms with E-state index in [1.54, 1.807) is 19.2 Å². The molecule has 0 saturated heterocycles. The number of esters is 1. The number of rotatable bonds is 5. The normalized spacial score (nSPS) is 9.32. The van der Waals surface area contributed by atoms with E-state index in [1.165, 1.54) is 7.11 Å². The molecule has 3 N–H and O–H groups in total. The largest absolute Gasteiger partial charge is 0.465 e. The molecule has 0 aliphatic heterocycles. The fraction of sp³-hybridized carbons (Fsp3) is 0.500. The van der Waals surface area contributed by atoms with Gasteiger partial charge in [-0.1, -0.05) is 13.8 Å². The number of aryl methyl sites for hydroxylation is 1. The summed E-state index contributed by atoms with van der Waals surface area (Å²) in [4.78, 5) is 11.4. The van der Waals surface area contributed by atoms with E-state index in [4.69, 9.17) is 10.5 Å². The molecule has 0 bridgehead atoms. The van der Waals surface area contributed by atoms with Crippen LogP contribution in [0.1, 0.15) is 29.8 Å². The van der Waals surface area contributed by atoms with Crippen LogP contribution in [0.2, 0.25) is 0 Å². The summed E-state index contributed by atoms with van der Waals surface area (Å²) in [6.07, 6.45) is 0. The number of nitrogens with one attached hydrogen (secondary N) is 1. The minimum atomic E-state index is -0.372. The van der Waals surface area contributed by atoms with Crippen molar-refractivity contribution in [1.82, 2.24) is 0 Å². The first-order valence-electron chi connectivity index (χ1n) is 6.31. The van der Waals surface area contributed by atoms with Crippen LogP contribution in [-0.4, -0.2) is 33.3 Å². The Bertz CT molecular complexity index is 406. The molecule has 0 unspecified atom stereocenters. The molecule has 1 rings (SSSR count). The molecule has 1 aromatic carbocycles. The van der Waals surface area contributed by atoms with Gasteiger partial charge in [0, 0.05) is 13.7 Å². The Morgan fingerprint density at radius 2 is 1.95 bits per heavy atom. The molecular formula is C14H24N2O3. The third-order valence-corrected chi connectivity index (χ3v) is 2.43. The Hall–Kier alpha value is -1.75. The lowest BCUT2D eigenvalue weighted by molar-refractivity contribution is 0.0600. The van der Waals surface area contributed by atoms with Crippen molar-refractivity contribution in [1.29, 1.82) is 0 Å². The molecule has 1 aromatic rings. The predicted octanol–water partition coefficient (Wildman–Crippen LogP) is 2.45. The van der Waals surface area contributed by atoms with E-state index in [9.17, 15) is 4.79 Å². The smallest absolute Gasteiger partial charge is 0.337 e. The number of hydrogen-bond donors (Lipinski definition) is 2. The third kappa shape index (κ3) is 5.18. The zero-order valence-corrected chi connectivity index (χ0v) is 12.4. The van der Waals surface area contributed by atoms with Crippen LogP contribution in [0.15, 0.2) is 12.1 Å². The minimum Gasteiger partial charge on any atom is -0.465 e. The molecule has 0 spiro atoms. The molecule has 108 valence electrons. The van der Waals surface area contributed by atoms with Crippen LogP contribution in [-0.2, 0) is 9.47 Å². The minimum absolute atomic E-state index is 0.372. The monoisotopic (exact) mass is 268 g/mol. The van der Waals surface area contributed by atoms with Crippen LogP contribution in [0.5, 0.6) is 0 Å². The van der Waals surface area contributed by atoms with Crippen molar-refractivity contribution in [3.05, 3.63) is 23.3 Å². The quantitative estimate of drug-likeness (QED) is 0.487. The zero-order valence-electron chi connectivity index (χ0n) is 12.4. The molecule has 5 heteroatoms. The van der Waals surface area contributed by atoms with E-state index in [0.717, 1.165) is 11.3 Å². The van der Waals surface area contributed by atoms with Gasteiger partial charge in [-0.05, 0) is 24.6 Å². The fourth-order valence-electron chi connectivity index (χ4n) is 1.47. The van der Waals surface area contributed by atoms with Crippen molar-refractivity contribution < 1.29 is 14.3 Å². The Morgan fingerprint density at radius 1 is 1.32 bits per heavy atom. The molecule has 5 nitrogen and oxygen atoms in total. The van der Waals surface area contributed by atoms with E-state index in [-0.39, 0.29) is 5.97 Å². The molecule has 0 aromatic heterocycles. The number of carbonyl (C=O) groups excluding carboxylic acids is 1. The molecule has 19 heavy (non-hydrogen) atoms. The van der Waals surface area contributed by atoms with Crippen molar-refractivity contribution >= 4 is 17.3 Å². The van der Waals surface area contributed by atoms with Gasteiger partial charge in [0.05, 0.1) is 30.7 Å². The Kier molecular flexibility index (Phi) is 8.37. The summed E-state index contributed by atoms with van der Waals surface area (Å²) in [5.74, 6) is -0.372. The Labute approximate surface area is 115 Å². The van der Waals surface area contributed by atoms with Crippen molar-refractivity contribution in [3.8, 4) is 0 Å². The van der Waals surface area contributed by atoms with E-state index >= 15 is 0 Å². The van der Waals surface area contributed by atoms with Gasteiger partial charge in [0.25, 0.3) is 0 Å². The highest BCUT2D eigenvalue weighted by molar-refractivity contribution is 5.92. The summed E-state index contributed by atoms with van der Waals surface area (Å²) in [6.45, 7) is 7.05. The summed E-state index contributed by atoms with van der Waals surface area (Å²) in [6, 6.07) is 3.40. The summed E-state index contributed by atoms with van der Waals surface area (Å²) in [7, 11) is 2.98. The lowest BCUT2D eigenvalue weighted by Crippen LogP contribution is -2.11. The highest BCUT2D eigenvalue weighted by atomic mass is 16.5. The fourth-order valence-corrected chi connectivity index (χ4v) is 1.47. The van der Waals surface area contributed by atoms with Crippen molar-refractivity contribution in [2.24, 2.45) is 0 Å². The first-order chi connectivity index (χ1) is 9.10. The molecule has 0 saturated carbocycles. The average Bonchev–Trinajstić information content (AvgIpc) is 2.44. The number of methoxy groups -OCH3 is 2. The molecule has 0 aliphatic carbocycles. The van der Waals surface area contributed by atoms with Crippen LogP contribution in [0.25, 0.3) is 0 Å².